The first kappa shape index (κ1) is 22.3. The fraction of sp³-hybridized carbons (Fsp3) is 0.375. The third kappa shape index (κ3) is 6.07. The average Bonchev–Trinajstić information content (AvgIpc) is 3.05. The highest BCUT2D eigenvalue weighted by Crippen LogP contribution is 2.16. The number of hydrogen-bond donors (Lipinski definition) is 1. The number of aromatic nitrogens is 1. The lowest BCUT2D eigenvalue weighted by Gasteiger charge is -2.15. The highest BCUT2D eigenvalue weighted by molar-refractivity contribution is 5.81. The molecule has 0 aliphatic rings. The van der Waals surface area contributed by atoms with Gasteiger partial charge in [-0.25, -0.2) is 4.79 Å². The molecular weight excluding hydrogens is 396 g/mol. The van der Waals surface area contributed by atoms with Gasteiger partial charge in [0.25, 0.3) is 5.91 Å². The third-order valence-electron chi connectivity index (χ3n) is 4.98. The summed E-state index contributed by atoms with van der Waals surface area (Å²) in [4.78, 5) is 36.1. The molecule has 1 heterocycles. The molecule has 0 saturated heterocycles. The van der Waals surface area contributed by atoms with Crippen LogP contribution in [0.2, 0.25) is 0 Å². The summed E-state index contributed by atoms with van der Waals surface area (Å²) in [7, 11) is 0. The van der Waals surface area contributed by atoms with E-state index in [1.807, 2.05) is 19.1 Å². The molecule has 0 aliphatic carbocycles. The molecule has 0 fully saturated rings. The Kier molecular flexibility index (Phi) is 7.28. The van der Waals surface area contributed by atoms with Crippen LogP contribution in [0.4, 0.5) is 0 Å². The Hall–Kier alpha value is -3.35. The van der Waals surface area contributed by atoms with Gasteiger partial charge in [0, 0.05) is 6.54 Å². The summed E-state index contributed by atoms with van der Waals surface area (Å²) in [5, 5.41) is 2.83. The number of benzene rings is 2. The first-order chi connectivity index (χ1) is 14.8. The van der Waals surface area contributed by atoms with E-state index in [1.165, 1.54) is 10.1 Å². The maximum Gasteiger partial charge on any atom is 0.419 e. The van der Waals surface area contributed by atoms with Crippen molar-refractivity contribution in [3.8, 4) is 0 Å². The van der Waals surface area contributed by atoms with Gasteiger partial charge >= 0.3 is 11.7 Å². The van der Waals surface area contributed by atoms with E-state index in [1.54, 1.807) is 24.3 Å². The predicted octanol–water partition coefficient (Wildman–Crippen LogP) is 3.60. The van der Waals surface area contributed by atoms with Gasteiger partial charge in [-0.1, -0.05) is 50.2 Å². The molecule has 0 saturated carbocycles. The molecule has 0 unspecified atom stereocenters. The van der Waals surface area contributed by atoms with Gasteiger partial charge < -0.3 is 14.5 Å². The molecule has 31 heavy (non-hydrogen) atoms. The third-order valence-corrected chi connectivity index (χ3v) is 4.98. The summed E-state index contributed by atoms with van der Waals surface area (Å²) in [6.07, 6.45) is 0.974. The minimum Gasteiger partial charge on any atom is -0.456 e. The van der Waals surface area contributed by atoms with E-state index in [2.05, 4.69) is 31.3 Å². The average molecular weight is 424 g/mol. The maximum atomic E-state index is 12.1. The number of nitrogens with one attached hydrogen (secondary N) is 1. The molecule has 3 aromatic rings. The number of esters is 1. The lowest BCUT2D eigenvalue weighted by molar-refractivity contribution is -0.148. The Balaban J connectivity index is 1.45. The number of carbonyl (C=O) groups is 2. The van der Waals surface area contributed by atoms with Crippen LogP contribution >= 0.6 is 0 Å². The number of rotatable bonds is 9. The number of fused-ring (bicyclic) bond motifs is 1. The molecular formula is C24H28N2O5. The number of hydrogen-bond acceptors (Lipinski definition) is 5. The molecule has 3 rings (SSSR count). The Bertz CT molecular complexity index is 1100. The number of oxazole rings is 1. The minimum atomic E-state index is -0.557. The molecule has 164 valence electrons. The van der Waals surface area contributed by atoms with Gasteiger partial charge in [-0.05, 0) is 42.5 Å². The standard InChI is InChI=1S/C24H28N2O5/c1-16(2)14-18-8-10-19(11-9-18)17(3)25-22(27)15-30-23(28)12-13-26-20-6-4-5-7-21(20)31-24(26)29/h4-11,16-17H,12-15H2,1-3H3,(H,25,27)/t17-/m1/s1. The Morgan fingerprint density at radius 3 is 2.48 bits per heavy atom. The van der Waals surface area contributed by atoms with E-state index in [0.29, 0.717) is 17.0 Å². The molecule has 0 radical (unpaired) electrons. The summed E-state index contributed by atoms with van der Waals surface area (Å²) >= 11 is 0. The van der Waals surface area contributed by atoms with Crippen molar-refractivity contribution < 1.29 is 18.7 Å². The van der Waals surface area contributed by atoms with E-state index in [-0.39, 0.29) is 31.5 Å². The van der Waals surface area contributed by atoms with Crippen LogP contribution in [0, 0.1) is 5.92 Å². The quantitative estimate of drug-likeness (QED) is 0.530. The van der Waals surface area contributed by atoms with E-state index in [9.17, 15) is 14.4 Å². The second-order valence-corrected chi connectivity index (χ2v) is 8.03. The van der Waals surface area contributed by atoms with Crippen molar-refractivity contribution in [1.82, 2.24) is 9.88 Å². The molecule has 0 bridgehead atoms. The lowest BCUT2D eigenvalue weighted by atomic mass is 10.00. The van der Waals surface area contributed by atoms with Crippen molar-refractivity contribution in [1.29, 1.82) is 0 Å². The number of para-hydroxylation sites is 2. The van der Waals surface area contributed by atoms with E-state index >= 15 is 0 Å². The van der Waals surface area contributed by atoms with Crippen LogP contribution in [0.15, 0.2) is 57.7 Å². The van der Waals surface area contributed by atoms with Crippen molar-refractivity contribution in [2.45, 2.75) is 46.2 Å². The summed E-state index contributed by atoms with van der Waals surface area (Å²) in [6, 6.07) is 14.9. The summed E-state index contributed by atoms with van der Waals surface area (Å²) in [5.74, 6) is -0.875. The number of amides is 1. The Morgan fingerprint density at radius 1 is 1.06 bits per heavy atom. The van der Waals surface area contributed by atoms with Gasteiger partial charge in [0.15, 0.2) is 12.2 Å². The van der Waals surface area contributed by atoms with Crippen LogP contribution in [0.25, 0.3) is 11.1 Å². The molecule has 7 nitrogen and oxygen atoms in total. The fourth-order valence-electron chi connectivity index (χ4n) is 3.43. The van der Waals surface area contributed by atoms with Crippen molar-refractivity contribution >= 4 is 23.0 Å². The van der Waals surface area contributed by atoms with Gasteiger partial charge in [-0.15, -0.1) is 0 Å². The second kappa shape index (κ2) is 10.1. The smallest absolute Gasteiger partial charge is 0.419 e. The SMILES string of the molecule is CC(C)Cc1ccc([C@@H](C)NC(=O)COC(=O)CCn2c(=O)oc3ccccc32)cc1. The number of nitrogens with zero attached hydrogens (tertiary/aromatic N) is 1. The van der Waals surface area contributed by atoms with Crippen LogP contribution in [-0.4, -0.2) is 23.1 Å². The monoisotopic (exact) mass is 424 g/mol. The molecule has 7 heteroatoms. The van der Waals surface area contributed by atoms with Crippen molar-refractivity contribution in [3.63, 3.8) is 0 Å². The zero-order chi connectivity index (χ0) is 22.4. The normalized spacial score (nSPS) is 12.1. The van der Waals surface area contributed by atoms with Crippen LogP contribution in [0.1, 0.15) is 44.4 Å². The van der Waals surface area contributed by atoms with Crippen LogP contribution in [-0.2, 0) is 27.3 Å². The maximum absolute atomic E-state index is 12.1. The molecule has 1 N–H and O–H groups in total. The molecule has 0 spiro atoms. The Morgan fingerprint density at radius 2 is 1.77 bits per heavy atom. The first-order valence-electron chi connectivity index (χ1n) is 10.5. The fourth-order valence-corrected chi connectivity index (χ4v) is 3.43. The number of carbonyl (C=O) groups excluding carboxylic acids is 2. The van der Waals surface area contributed by atoms with Gasteiger partial charge in [-0.3, -0.25) is 14.2 Å². The van der Waals surface area contributed by atoms with E-state index < -0.39 is 11.7 Å². The van der Waals surface area contributed by atoms with Gasteiger partial charge in [-0.2, -0.15) is 0 Å². The molecule has 1 atom stereocenters. The number of aryl methyl sites for hydroxylation is 1. The van der Waals surface area contributed by atoms with Crippen LogP contribution < -0.4 is 11.1 Å². The van der Waals surface area contributed by atoms with Crippen molar-refractivity contribution in [2.75, 3.05) is 6.61 Å². The van der Waals surface area contributed by atoms with Gasteiger partial charge in [0.2, 0.25) is 0 Å². The molecule has 0 aliphatic heterocycles. The topological polar surface area (TPSA) is 90.5 Å². The van der Waals surface area contributed by atoms with Gasteiger partial charge in [0.05, 0.1) is 18.0 Å². The van der Waals surface area contributed by atoms with E-state index in [4.69, 9.17) is 9.15 Å². The van der Waals surface area contributed by atoms with Crippen LogP contribution in [0.3, 0.4) is 0 Å². The van der Waals surface area contributed by atoms with Gasteiger partial charge in [0.1, 0.15) is 0 Å². The van der Waals surface area contributed by atoms with Crippen molar-refractivity contribution in [3.05, 3.63) is 70.2 Å². The molecule has 1 aromatic heterocycles. The summed E-state index contributed by atoms with van der Waals surface area (Å²) in [6.45, 7) is 5.99. The molecule has 2 aromatic carbocycles. The highest BCUT2D eigenvalue weighted by Gasteiger charge is 2.14. The zero-order valence-corrected chi connectivity index (χ0v) is 18.1. The summed E-state index contributed by atoms with van der Waals surface area (Å²) in [5.41, 5.74) is 3.33. The van der Waals surface area contributed by atoms with Crippen LogP contribution in [0.5, 0.6) is 0 Å². The highest BCUT2D eigenvalue weighted by atomic mass is 16.5. The second-order valence-electron chi connectivity index (χ2n) is 8.03. The van der Waals surface area contributed by atoms with Crippen molar-refractivity contribution in [2.24, 2.45) is 5.92 Å². The summed E-state index contributed by atoms with van der Waals surface area (Å²) < 4.78 is 11.6. The number of ether oxygens (including phenoxy) is 1. The largest absolute Gasteiger partial charge is 0.456 e. The first-order valence-corrected chi connectivity index (χ1v) is 10.5. The lowest BCUT2D eigenvalue weighted by Crippen LogP contribution is -2.31. The molecule has 1 amide bonds. The Labute approximate surface area is 181 Å². The van der Waals surface area contributed by atoms with E-state index in [0.717, 1.165) is 12.0 Å². The zero-order valence-electron chi connectivity index (χ0n) is 18.1. The minimum absolute atomic E-state index is 0.0381. The predicted molar refractivity (Wildman–Crippen MR) is 118 cm³/mol.